The van der Waals surface area contributed by atoms with Gasteiger partial charge in [0.25, 0.3) is 0 Å². The second-order valence-electron chi connectivity index (χ2n) is 8.16. The highest BCUT2D eigenvalue weighted by Gasteiger charge is 2.25. The van der Waals surface area contributed by atoms with Crippen molar-refractivity contribution in [3.63, 3.8) is 0 Å². The molecule has 0 radical (unpaired) electrons. The molecule has 1 unspecified atom stereocenters. The summed E-state index contributed by atoms with van der Waals surface area (Å²) in [6.45, 7) is 7.25. The van der Waals surface area contributed by atoms with Crippen LogP contribution in [-0.4, -0.2) is 74.1 Å². The summed E-state index contributed by atoms with van der Waals surface area (Å²) < 4.78 is 13.0. The predicted molar refractivity (Wildman–Crippen MR) is 102 cm³/mol. The molecule has 1 atom stereocenters. The highest BCUT2D eigenvalue weighted by Crippen LogP contribution is 2.21. The molecule has 2 aliphatic rings. The number of benzene rings is 1. The van der Waals surface area contributed by atoms with E-state index >= 15 is 0 Å². The van der Waals surface area contributed by atoms with Gasteiger partial charge >= 0.3 is 0 Å². The molecule has 2 heterocycles. The number of piperidine rings is 2. The Morgan fingerprint density at radius 1 is 1.08 bits per heavy atom. The molecule has 0 bridgehead atoms. The van der Waals surface area contributed by atoms with Crippen molar-refractivity contribution in [2.24, 2.45) is 5.92 Å². The largest absolute Gasteiger partial charge is 0.306 e. The van der Waals surface area contributed by atoms with E-state index in [1.807, 2.05) is 12.1 Å². The lowest BCUT2D eigenvalue weighted by Gasteiger charge is -2.39. The minimum absolute atomic E-state index is 0.140. The molecule has 140 valence electrons. The molecule has 0 saturated carbocycles. The van der Waals surface area contributed by atoms with Crippen molar-refractivity contribution in [1.29, 1.82) is 0 Å². The van der Waals surface area contributed by atoms with E-state index in [0.29, 0.717) is 0 Å². The summed E-state index contributed by atoms with van der Waals surface area (Å²) in [5, 5.41) is 0. The molecule has 2 aliphatic heterocycles. The third-order valence-corrected chi connectivity index (χ3v) is 6.09. The van der Waals surface area contributed by atoms with Crippen LogP contribution in [0.15, 0.2) is 24.3 Å². The lowest BCUT2D eigenvalue weighted by molar-refractivity contribution is 0.0973. The fraction of sp³-hybridized carbons (Fsp3) is 0.714. The first kappa shape index (κ1) is 18.8. The zero-order chi connectivity index (χ0) is 17.6. The zero-order valence-corrected chi connectivity index (χ0v) is 16.0. The summed E-state index contributed by atoms with van der Waals surface area (Å²) in [6.07, 6.45) is 6.33. The minimum Gasteiger partial charge on any atom is -0.306 e. The van der Waals surface area contributed by atoms with Crippen LogP contribution in [0.1, 0.15) is 31.2 Å². The van der Waals surface area contributed by atoms with Crippen molar-refractivity contribution in [2.45, 2.75) is 38.1 Å². The van der Waals surface area contributed by atoms with Gasteiger partial charge < -0.3 is 14.7 Å². The van der Waals surface area contributed by atoms with Crippen molar-refractivity contribution in [1.82, 2.24) is 14.7 Å². The molecule has 3 rings (SSSR count). The number of nitrogens with zero attached hydrogens (tertiary/aromatic N) is 3. The summed E-state index contributed by atoms with van der Waals surface area (Å²) in [4.78, 5) is 7.68. The van der Waals surface area contributed by atoms with Crippen LogP contribution in [0.2, 0.25) is 0 Å². The first-order chi connectivity index (χ1) is 12.1. The topological polar surface area (TPSA) is 9.72 Å². The standard InChI is InChI=1S/C21H34FN3/c1-23-13-10-21(11-14-23)24(2)16-19-4-3-12-25(17-19)15-9-18-5-7-20(22)8-6-18/h5-8,19,21H,3-4,9-17H2,1-2H3. The number of rotatable bonds is 6. The molecule has 0 amide bonds. The smallest absolute Gasteiger partial charge is 0.123 e. The summed E-state index contributed by atoms with van der Waals surface area (Å²) in [5.74, 6) is 0.658. The van der Waals surface area contributed by atoms with E-state index in [9.17, 15) is 4.39 Å². The SMILES string of the molecule is CN1CCC(N(C)CC2CCCN(CCc3ccc(F)cc3)C2)CC1. The Kier molecular flexibility index (Phi) is 6.85. The van der Waals surface area contributed by atoms with Gasteiger partial charge in [-0.25, -0.2) is 4.39 Å². The minimum atomic E-state index is -0.140. The fourth-order valence-electron chi connectivity index (χ4n) is 4.43. The van der Waals surface area contributed by atoms with Gasteiger partial charge in [0.2, 0.25) is 0 Å². The van der Waals surface area contributed by atoms with Crippen LogP contribution in [0.3, 0.4) is 0 Å². The van der Waals surface area contributed by atoms with Crippen molar-refractivity contribution >= 4 is 0 Å². The maximum atomic E-state index is 13.0. The normalized spacial score (nSPS) is 24.1. The average molecular weight is 348 g/mol. The van der Waals surface area contributed by atoms with Crippen LogP contribution in [0.5, 0.6) is 0 Å². The van der Waals surface area contributed by atoms with Gasteiger partial charge in [-0.1, -0.05) is 12.1 Å². The van der Waals surface area contributed by atoms with Crippen LogP contribution >= 0.6 is 0 Å². The second kappa shape index (κ2) is 9.11. The van der Waals surface area contributed by atoms with Crippen molar-refractivity contribution in [3.05, 3.63) is 35.6 Å². The monoisotopic (exact) mass is 347 g/mol. The van der Waals surface area contributed by atoms with Crippen LogP contribution in [0.4, 0.5) is 4.39 Å². The fourth-order valence-corrected chi connectivity index (χ4v) is 4.43. The molecule has 3 nitrogen and oxygen atoms in total. The maximum Gasteiger partial charge on any atom is 0.123 e. The van der Waals surface area contributed by atoms with E-state index in [0.717, 1.165) is 24.9 Å². The molecule has 0 aliphatic carbocycles. The van der Waals surface area contributed by atoms with E-state index in [2.05, 4.69) is 28.8 Å². The van der Waals surface area contributed by atoms with Crippen molar-refractivity contribution in [3.8, 4) is 0 Å². The Bertz CT molecular complexity index is 510. The van der Waals surface area contributed by atoms with Gasteiger partial charge in [0.1, 0.15) is 5.82 Å². The lowest BCUT2D eigenvalue weighted by Crippen LogP contribution is -2.46. The first-order valence-corrected chi connectivity index (χ1v) is 9.96. The van der Waals surface area contributed by atoms with Gasteiger partial charge in [0.15, 0.2) is 0 Å². The van der Waals surface area contributed by atoms with Gasteiger partial charge in [0.05, 0.1) is 0 Å². The Morgan fingerprint density at radius 2 is 1.80 bits per heavy atom. The van der Waals surface area contributed by atoms with E-state index in [4.69, 9.17) is 0 Å². The Labute approximate surface area is 152 Å². The van der Waals surface area contributed by atoms with Crippen LogP contribution in [0.25, 0.3) is 0 Å². The Hall–Kier alpha value is -0.970. The van der Waals surface area contributed by atoms with Gasteiger partial charge in [-0.3, -0.25) is 0 Å². The van der Waals surface area contributed by atoms with Crippen LogP contribution in [0, 0.1) is 11.7 Å². The molecular weight excluding hydrogens is 313 g/mol. The Morgan fingerprint density at radius 3 is 2.52 bits per heavy atom. The number of hydrogen-bond donors (Lipinski definition) is 0. The summed E-state index contributed by atoms with van der Waals surface area (Å²) in [7, 11) is 4.56. The molecule has 4 heteroatoms. The van der Waals surface area contributed by atoms with Crippen LogP contribution in [-0.2, 0) is 6.42 Å². The Balaban J connectivity index is 1.42. The van der Waals surface area contributed by atoms with E-state index < -0.39 is 0 Å². The van der Waals surface area contributed by atoms with Gasteiger partial charge in [-0.2, -0.15) is 0 Å². The highest BCUT2D eigenvalue weighted by molar-refractivity contribution is 5.16. The maximum absolute atomic E-state index is 13.0. The number of likely N-dealkylation sites (tertiary alicyclic amines) is 2. The predicted octanol–water partition coefficient (Wildman–Crippen LogP) is 3.11. The summed E-state index contributed by atoms with van der Waals surface area (Å²) in [6, 6.07) is 7.76. The summed E-state index contributed by atoms with van der Waals surface area (Å²) >= 11 is 0. The van der Waals surface area contributed by atoms with Crippen molar-refractivity contribution < 1.29 is 4.39 Å². The lowest BCUT2D eigenvalue weighted by atomic mass is 9.95. The van der Waals surface area contributed by atoms with E-state index in [-0.39, 0.29) is 5.82 Å². The van der Waals surface area contributed by atoms with Crippen LogP contribution < -0.4 is 0 Å². The third kappa shape index (κ3) is 5.77. The molecule has 1 aromatic rings. The molecule has 25 heavy (non-hydrogen) atoms. The number of halogens is 1. The van der Waals surface area contributed by atoms with Crippen molar-refractivity contribution in [2.75, 3.05) is 53.4 Å². The van der Waals surface area contributed by atoms with Gasteiger partial charge in [-0.05, 0) is 89.4 Å². The molecule has 0 N–H and O–H groups in total. The van der Waals surface area contributed by atoms with E-state index in [1.165, 1.54) is 64.0 Å². The molecular formula is C21H34FN3. The van der Waals surface area contributed by atoms with Gasteiger partial charge in [0, 0.05) is 25.7 Å². The second-order valence-corrected chi connectivity index (χ2v) is 8.16. The quantitative estimate of drug-likeness (QED) is 0.783. The molecule has 2 fully saturated rings. The third-order valence-electron chi connectivity index (χ3n) is 6.09. The zero-order valence-electron chi connectivity index (χ0n) is 16.0. The number of hydrogen-bond acceptors (Lipinski definition) is 3. The van der Waals surface area contributed by atoms with E-state index in [1.54, 1.807) is 12.1 Å². The highest BCUT2D eigenvalue weighted by atomic mass is 19.1. The first-order valence-electron chi connectivity index (χ1n) is 9.96. The molecule has 0 spiro atoms. The molecule has 1 aromatic carbocycles. The van der Waals surface area contributed by atoms with Gasteiger partial charge in [-0.15, -0.1) is 0 Å². The molecule has 2 saturated heterocycles. The summed E-state index contributed by atoms with van der Waals surface area (Å²) in [5.41, 5.74) is 1.24. The average Bonchev–Trinajstić information content (AvgIpc) is 2.62. The molecule has 0 aromatic heterocycles.